The van der Waals surface area contributed by atoms with Gasteiger partial charge in [-0.05, 0) is 0 Å². The zero-order valence-electron chi connectivity index (χ0n) is 21.4. The van der Waals surface area contributed by atoms with Crippen LogP contribution in [0.2, 0.25) is 13.1 Å². The fraction of sp³-hybridized carbons (Fsp3) is 0.250. The molecular formula is C32H32Cl2SiTi. The van der Waals surface area contributed by atoms with Gasteiger partial charge in [0.05, 0.1) is 0 Å². The normalized spacial score (nSPS) is 17.3. The molecule has 2 aliphatic rings. The second-order valence-electron chi connectivity index (χ2n) is 10.0. The minimum atomic E-state index is -1.61. The molecular weight excluding hydrogens is 531 g/mol. The van der Waals surface area contributed by atoms with Crippen LogP contribution >= 0.6 is 0 Å². The first-order chi connectivity index (χ1) is 16.6. The summed E-state index contributed by atoms with van der Waals surface area (Å²) in [6.45, 7) is 10.0. The van der Waals surface area contributed by atoms with Crippen molar-refractivity contribution in [3.63, 3.8) is 0 Å². The van der Waals surface area contributed by atoms with Gasteiger partial charge in [0.25, 0.3) is 0 Å². The predicted molar refractivity (Wildman–Crippen MR) is 147 cm³/mol. The molecule has 0 saturated carbocycles. The first-order valence-corrected chi connectivity index (χ1v) is 19.4. The molecule has 0 N–H and O–H groups in total. The van der Waals surface area contributed by atoms with E-state index in [0.29, 0.717) is 8.45 Å². The van der Waals surface area contributed by atoms with Gasteiger partial charge in [0, 0.05) is 0 Å². The first kappa shape index (κ1) is 27.4. The summed E-state index contributed by atoms with van der Waals surface area (Å²) in [5.41, 5.74) is 9.73. The van der Waals surface area contributed by atoms with Crippen molar-refractivity contribution < 1.29 is 41.4 Å². The molecule has 4 heteroatoms. The van der Waals surface area contributed by atoms with E-state index in [1.165, 1.54) is 45.5 Å². The largest absolute Gasteiger partial charge is 1.00 e. The summed E-state index contributed by atoms with van der Waals surface area (Å²) in [4.78, 5) is 0. The van der Waals surface area contributed by atoms with Gasteiger partial charge in [-0.25, -0.2) is 0 Å². The molecule has 2 aliphatic carbocycles. The van der Waals surface area contributed by atoms with Gasteiger partial charge in [-0.2, -0.15) is 0 Å². The van der Waals surface area contributed by atoms with Gasteiger partial charge in [-0.3, -0.25) is 0 Å². The molecule has 36 heavy (non-hydrogen) atoms. The van der Waals surface area contributed by atoms with E-state index in [1.807, 2.05) is 0 Å². The van der Waals surface area contributed by atoms with Crippen molar-refractivity contribution in [1.29, 1.82) is 0 Å². The van der Waals surface area contributed by atoms with Crippen LogP contribution in [0.15, 0.2) is 83.9 Å². The van der Waals surface area contributed by atoms with E-state index in [0.717, 1.165) is 0 Å². The van der Waals surface area contributed by atoms with Crippen molar-refractivity contribution in [2.45, 2.75) is 48.2 Å². The summed E-state index contributed by atoms with van der Waals surface area (Å²) in [6.07, 6.45) is 7.09. The monoisotopic (exact) mass is 562 g/mol. The van der Waals surface area contributed by atoms with E-state index in [9.17, 15) is 0 Å². The Morgan fingerprint density at radius 3 is 1.42 bits per heavy atom. The maximum Gasteiger partial charge on any atom is -1.00 e. The average molecular weight is 563 g/mol. The predicted octanol–water partition coefficient (Wildman–Crippen LogP) is 3.27. The SMILES string of the molecule is CCC1=Cc2c(ccc3ccccc23)[CH]1[Ti+2]([CH]1C(CC)=Cc2c1ccc1ccccc21)=[Si](C)C.[Cl-].[Cl-]. The van der Waals surface area contributed by atoms with E-state index < -0.39 is 22.8 Å². The van der Waals surface area contributed by atoms with Crippen LogP contribution in [-0.4, -0.2) is 6.19 Å². The van der Waals surface area contributed by atoms with Crippen molar-refractivity contribution in [3.8, 4) is 0 Å². The molecule has 4 aromatic rings. The zero-order valence-corrected chi connectivity index (χ0v) is 25.5. The summed E-state index contributed by atoms with van der Waals surface area (Å²) in [7, 11) is 0. The van der Waals surface area contributed by atoms with Gasteiger partial charge in [-0.1, -0.05) is 0 Å². The molecule has 2 atom stereocenters. The summed E-state index contributed by atoms with van der Waals surface area (Å²) >= 11 is -1.61. The molecule has 0 fully saturated rings. The van der Waals surface area contributed by atoms with E-state index in [1.54, 1.807) is 22.3 Å². The van der Waals surface area contributed by atoms with Crippen molar-refractivity contribution in [2.24, 2.45) is 0 Å². The molecule has 4 aromatic carbocycles. The Morgan fingerprint density at radius 2 is 1.03 bits per heavy atom. The van der Waals surface area contributed by atoms with Gasteiger partial charge in [-0.15, -0.1) is 0 Å². The molecule has 0 saturated heterocycles. The fourth-order valence-corrected chi connectivity index (χ4v) is 20.4. The van der Waals surface area contributed by atoms with Crippen LogP contribution in [0.4, 0.5) is 0 Å². The number of hydrogen-bond acceptors (Lipinski definition) is 0. The van der Waals surface area contributed by atoms with E-state index in [2.05, 4.69) is 112 Å². The molecule has 6 rings (SSSR count). The van der Waals surface area contributed by atoms with Gasteiger partial charge < -0.3 is 24.8 Å². The fourth-order valence-electron chi connectivity index (χ4n) is 6.48. The van der Waals surface area contributed by atoms with Crippen molar-refractivity contribution in [3.05, 3.63) is 106 Å². The minimum absolute atomic E-state index is 0. The third-order valence-electron chi connectivity index (χ3n) is 8.05. The standard InChI is InChI=1S/2C15H13.C2H6Si.2ClH.Ti/c2*1-2-11-9-13-8-7-12-5-3-4-6-14(12)15(13)10-11;1-3-2;;;/h2*3-10H,2H2,1H3;1-2H3;2*1H;/q;;;;;+2/p-2. The Bertz CT molecular complexity index is 1450. The Balaban J connectivity index is 0.00000152. The van der Waals surface area contributed by atoms with Crippen LogP contribution in [0.5, 0.6) is 0 Å². The second-order valence-corrected chi connectivity index (χ2v) is 22.3. The van der Waals surface area contributed by atoms with Gasteiger partial charge in [0.2, 0.25) is 0 Å². The number of allylic oxidation sites excluding steroid dienone is 2. The molecule has 0 aliphatic heterocycles. The van der Waals surface area contributed by atoms with E-state index >= 15 is 0 Å². The first-order valence-electron chi connectivity index (χ1n) is 12.7. The molecule has 0 radical (unpaired) electrons. The Hall–Kier alpha value is -1.61. The quantitative estimate of drug-likeness (QED) is 0.335. The Kier molecular flexibility index (Phi) is 8.39. The van der Waals surface area contributed by atoms with Gasteiger partial charge >= 0.3 is 211 Å². The number of fused-ring (bicyclic) bond motifs is 6. The number of hydrogen-bond donors (Lipinski definition) is 0. The molecule has 0 spiro atoms. The van der Waals surface area contributed by atoms with Gasteiger partial charge in [0.1, 0.15) is 0 Å². The maximum absolute atomic E-state index is 2.62. The van der Waals surface area contributed by atoms with Crippen LogP contribution in [0.25, 0.3) is 33.7 Å². The summed E-state index contributed by atoms with van der Waals surface area (Å²) < 4.78 is 1.37. The number of benzene rings is 4. The molecule has 2 unspecified atom stereocenters. The van der Waals surface area contributed by atoms with Crippen molar-refractivity contribution in [1.82, 2.24) is 0 Å². The third kappa shape index (κ3) is 4.28. The topological polar surface area (TPSA) is 0 Å². The van der Waals surface area contributed by atoms with Crippen LogP contribution in [0.1, 0.15) is 57.4 Å². The van der Waals surface area contributed by atoms with E-state index in [4.69, 9.17) is 0 Å². The Labute approximate surface area is 234 Å². The zero-order chi connectivity index (χ0) is 23.4. The maximum atomic E-state index is 2.62. The van der Waals surface area contributed by atoms with Crippen LogP contribution in [0.3, 0.4) is 0 Å². The molecule has 0 nitrogen and oxygen atoms in total. The van der Waals surface area contributed by atoms with Crippen LogP contribution in [-0.2, 0) is 16.6 Å². The summed E-state index contributed by atoms with van der Waals surface area (Å²) in [5.74, 6) is 0. The van der Waals surface area contributed by atoms with Gasteiger partial charge in [0.15, 0.2) is 0 Å². The third-order valence-corrected chi connectivity index (χ3v) is 21.1. The summed E-state index contributed by atoms with van der Waals surface area (Å²) in [5, 5.41) is 5.63. The second kappa shape index (κ2) is 11.0. The smallest absolute Gasteiger partial charge is 1.00 e. The summed E-state index contributed by atoms with van der Waals surface area (Å²) in [6, 6.07) is 27.7. The van der Waals surface area contributed by atoms with Crippen LogP contribution in [0, 0.1) is 0 Å². The molecule has 0 bridgehead atoms. The van der Waals surface area contributed by atoms with Crippen molar-refractivity contribution >= 4 is 39.9 Å². The molecule has 0 amide bonds. The molecule has 0 aromatic heterocycles. The average Bonchev–Trinajstić information content (AvgIpc) is 3.43. The minimum Gasteiger partial charge on any atom is -1.00 e. The van der Waals surface area contributed by atoms with Crippen LogP contribution < -0.4 is 24.8 Å². The Morgan fingerprint density at radius 1 is 0.611 bits per heavy atom. The number of rotatable bonds is 4. The van der Waals surface area contributed by atoms with E-state index in [-0.39, 0.29) is 24.8 Å². The molecule has 0 heterocycles. The number of halogens is 2. The van der Waals surface area contributed by atoms with Crippen molar-refractivity contribution in [2.75, 3.05) is 0 Å². The molecule has 182 valence electrons.